The average Bonchev–Trinajstić information content (AvgIpc) is 2.87. The fraction of sp³-hybridized carbons (Fsp3) is 0.867. The number of hydrogen-bond acceptors (Lipinski definition) is 3. The van der Waals surface area contributed by atoms with Crippen LogP contribution in [0.25, 0.3) is 0 Å². The van der Waals surface area contributed by atoms with E-state index in [-0.39, 0.29) is 36.4 Å². The summed E-state index contributed by atoms with van der Waals surface area (Å²) in [5, 5.41) is 5.92. The molecule has 6 nitrogen and oxygen atoms in total. The number of likely N-dealkylation sites (tertiary alicyclic amines) is 1. The van der Waals surface area contributed by atoms with Gasteiger partial charge in [-0.3, -0.25) is 9.79 Å². The lowest BCUT2D eigenvalue weighted by atomic mass is 9.97. The van der Waals surface area contributed by atoms with Crippen molar-refractivity contribution in [3.05, 3.63) is 0 Å². The third-order valence-electron chi connectivity index (χ3n) is 3.64. The molecule has 130 valence electrons. The molecular formula is C15H31IN4O2. The molecule has 0 saturated carbocycles. The van der Waals surface area contributed by atoms with Gasteiger partial charge < -0.3 is 20.3 Å². The van der Waals surface area contributed by atoms with Gasteiger partial charge in [0.15, 0.2) is 5.96 Å². The molecule has 1 unspecified atom stereocenters. The molecule has 7 heteroatoms. The molecule has 1 saturated heterocycles. The zero-order valence-corrected chi connectivity index (χ0v) is 16.6. The minimum atomic E-state index is -0.0360. The van der Waals surface area contributed by atoms with Crippen molar-refractivity contribution >= 4 is 35.8 Å². The van der Waals surface area contributed by atoms with Crippen LogP contribution in [-0.4, -0.2) is 63.7 Å². The van der Waals surface area contributed by atoms with Crippen molar-refractivity contribution < 1.29 is 9.53 Å². The van der Waals surface area contributed by atoms with Crippen molar-refractivity contribution in [1.82, 2.24) is 15.5 Å². The van der Waals surface area contributed by atoms with Crippen LogP contribution < -0.4 is 10.6 Å². The number of guanidine groups is 1. The van der Waals surface area contributed by atoms with E-state index in [4.69, 9.17) is 4.74 Å². The maximum absolute atomic E-state index is 11.7. The van der Waals surface area contributed by atoms with Crippen LogP contribution in [0.4, 0.5) is 0 Å². The molecule has 2 N–H and O–H groups in total. The predicted octanol–water partition coefficient (Wildman–Crippen LogP) is 1.31. The largest absolute Gasteiger partial charge is 0.383 e. The van der Waals surface area contributed by atoms with Crippen LogP contribution in [0.2, 0.25) is 0 Å². The van der Waals surface area contributed by atoms with Gasteiger partial charge in [-0.1, -0.05) is 13.8 Å². The van der Waals surface area contributed by atoms with Gasteiger partial charge >= 0.3 is 0 Å². The molecule has 0 aromatic rings. The van der Waals surface area contributed by atoms with Crippen LogP contribution in [0.5, 0.6) is 0 Å². The molecule has 0 aromatic heterocycles. The highest BCUT2D eigenvalue weighted by molar-refractivity contribution is 14.0. The highest BCUT2D eigenvalue weighted by atomic mass is 127. The van der Waals surface area contributed by atoms with Gasteiger partial charge in [-0.05, 0) is 24.7 Å². The molecule has 1 atom stereocenters. The number of nitrogens with zero attached hydrogens (tertiary/aromatic N) is 2. The molecule has 1 fully saturated rings. The van der Waals surface area contributed by atoms with Gasteiger partial charge in [0, 0.05) is 33.8 Å². The zero-order valence-electron chi connectivity index (χ0n) is 14.2. The smallest absolute Gasteiger partial charge is 0.239 e. The molecular weight excluding hydrogens is 395 g/mol. The van der Waals surface area contributed by atoms with Crippen LogP contribution in [-0.2, 0) is 9.53 Å². The van der Waals surface area contributed by atoms with Gasteiger partial charge in [0.2, 0.25) is 5.91 Å². The van der Waals surface area contributed by atoms with Crippen molar-refractivity contribution in [3.8, 4) is 0 Å². The quantitative estimate of drug-likeness (QED) is 0.279. The predicted molar refractivity (Wildman–Crippen MR) is 101 cm³/mol. The Bertz CT molecular complexity index is 350. The number of aliphatic imine (C=N–C) groups is 1. The second kappa shape index (κ2) is 11.9. The molecule has 1 rings (SSSR count). The lowest BCUT2D eigenvalue weighted by molar-refractivity contribution is -0.120. The number of carbonyl (C=O) groups excluding carboxylic acids is 1. The minimum absolute atomic E-state index is 0. The topological polar surface area (TPSA) is 66.0 Å². The van der Waals surface area contributed by atoms with Crippen LogP contribution in [0.15, 0.2) is 4.99 Å². The van der Waals surface area contributed by atoms with E-state index < -0.39 is 0 Å². The highest BCUT2D eigenvalue weighted by Crippen LogP contribution is 2.23. The molecule has 0 aromatic carbocycles. The van der Waals surface area contributed by atoms with E-state index in [0.29, 0.717) is 13.2 Å². The number of carbonyl (C=O) groups is 1. The molecule has 0 spiro atoms. The van der Waals surface area contributed by atoms with E-state index >= 15 is 0 Å². The summed E-state index contributed by atoms with van der Waals surface area (Å²) < 4.78 is 4.90. The van der Waals surface area contributed by atoms with Crippen molar-refractivity contribution in [1.29, 1.82) is 0 Å². The van der Waals surface area contributed by atoms with Crippen LogP contribution in [0, 0.1) is 11.8 Å². The van der Waals surface area contributed by atoms with Crippen molar-refractivity contribution in [2.24, 2.45) is 16.8 Å². The van der Waals surface area contributed by atoms with Gasteiger partial charge in [0.25, 0.3) is 0 Å². The van der Waals surface area contributed by atoms with Gasteiger partial charge in [-0.15, -0.1) is 24.0 Å². The highest BCUT2D eigenvalue weighted by Gasteiger charge is 2.25. The van der Waals surface area contributed by atoms with E-state index in [1.54, 1.807) is 14.2 Å². The summed E-state index contributed by atoms with van der Waals surface area (Å²) in [6, 6.07) is 0. The van der Waals surface area contributed by atoms with E-state index in [2.05, 4.69) is 34.4 Å². The first-order valence-electron chi connectivity index (χ1n) is 7.78. The SMILES string of the molecule is CN=C(NCC(=O)NCCOC)N1CCC(CC(C)C)C1.I. The fourth-order valence-corrected chi connectivity index (χ4v) is 2.73. The summed E-state index contributed by atoms with van der Waals surface area (Å²) in [5.74, 6) is 2.25. The third-order valence-corrected chi connectivity index (χ3v) is 3.64. The number of halogens is 1. The van der Waals surface area contributed by atoms with E-state index in [9.17, 15) is 4.79 Å². The molecule has 1 amide bonds. The van der Waals surface area contributed by atoms with E-state index in [1.165, 1.54) is 12.8 Å². The standard InChI is InChI=1S/C15H30N4O2.HI/c1-12(2)9-13-5-7-19(11-13)15(16-3)18-10-14(20)17-6-8-21-4;/h12-13H,5-11H2,1-4H3,(H,16,18)(H,17,20);1H. The Hall–Kier alpha value is -0.570. The summed E-state index contributed by atoms with van der Waals surface area (Å²) in [6.45, 7) is 7.90. The maximum Gasteiger partial charge on any atom is 0.239 e. The molecule has 0 bridgehead atoms. The molecule has 22 heavy (non-hydrogen) atoms. The Morgan fingerprint density at radius 1 is 1.41 bits per heavy atom. The first-order chi connectivity index (χ1) is 10.1. The summed E-state index contributed by atoms with van der Waals surface area (Å²) in [6.07, 6.45) is 2.46. The van der Waals surface area contributed by atoms with E-state index in [1.807, 2.05) is 0 Å². The second-order valence-electron chi connectivity index (χ2n) is 5.97. The normalized spacial score (nSPS) is 18.3. The van der Waals surface area contributed by atoms with Crippen molar-refractivity contribution in [2.75, 3.05) is 46.9 Å². The summed E-state index contributed by atoms with van der Waals surface area (Å²) >= 11 is 0. The lowest BCUT2D eigenvalue weighted by Gasteiger charge is -2.22. The molecule has 1 aliphatic heterocycles. The minimum Gasteiger partial charge on any atom is -0.383 e. The maximum atomic E-state index is 11.7. The van der Waals surface area contributed by atoms with Crippen LogP contribution in [0.1, 0.15) is 26.7 Å². The van der Waals surface area contributed by atoms with Gasteiger partial charge in [-0.25, -0.2) is 0 Å². The molecule has 0 aliphatic carbocycles. The zero-order chi connectivity index (χ0) is 15.7. The first-order valence-corrected chi connectivity index (χ1v) is 7.78. The average molecular weight is 426 g/mol. The van der Waals surface area contributed by atoms with Gasteiger partial charge in [0.1, 0.15) is 0 Å². The summed E-state index contributed by atoms with van der Waals surface area (Å²) in [4.78, 5) is 18.2. The molecule has 1 aliphatic rings. The molecule has 0 radical (unpaired) electrons. The number of hydrogen-bond donors (Lipinski definition) is 2. The number of amides is 1. The first kappa shape index (κ1) is 21.4. The van der Waals surface area contributed by atoms with Crippen LogP contribution >= 0.6 is 24.0 Å². The summed E-state index contributed by atoms with van der Waals surface area (Å²) in [7, 11) is 3.38. The van der Waals surface area contributed by atoms with E-state index in [0.717, 1.165) is 30.9 Å². The summed E-state index contributed by atoms with van der Waals surface area (Å²) in [5.41, 5.74) is 0. The number of methoxy groups -OCH3 is 1. The number of nitrogens with one attached hydrogen (secondary N) is 2. The Balaban J connectivity index is 0.00000441. The Morgan fingerprint density at radius 2 is 2.14 bits per heavy atom. The fourth-order valence-electron chi connectivity index (χ4n) is 2.73. The number of rotatable bonds is 7. The molecule has 1 heterocycles. The monoisotopic (exact) mass is 426 g/mol. The van der Waals surface area contributed by atoms with Crippen LogP contribution in [0.3, 0.4) is 0 Å². The Kier molecular flexibility index (Phi) is 11.6. The van der Waals surface area contributed by atoms with Crippen molar-refractivity contribution in [3.63, 3.8) is 0 Å². The van der Waals surface area contributed by atoms with Gasteiger partial charge in [-0.2, -0.15) is 0 Å². The third kappa shape index (κ3) is 8.17. The Morgan fingerprint density at radius 3 is 2.73 bits per heavy atom. The second-order valence-corrected chi connectivity index (χ2v) is 5.97. The van der Waals surface area contributed by atoms with Gasteiger partial charge in [0.05, 0.1) is 13.2 Å². The lowest BCUT2D eigenvalue weighted by Crippen LogP contribution is -2.45. The van der Waals surface area contributed by atoms with Crippen molar-refractivity contribution in [2.45, 2.75) is 26.7 Å². The number of ether oxygens (including phenoxy) is 1. The Labute approximate surface area is 151 Å².